The van der Waals surface area contributed by atoms with Crippen molar-refractivity contribution < 1.29 is 27.1 Å². The summed E-state index contributed by atoms with van der Waals surface area (Å²) >= 11 is 0. The minimum atomic E-state index is -3.97. The van der Waals surface area contributed by atoms with Gasteiger partial charge in [0.2, 0.25) is 15.6 Å². The second-order valence-electron chi connectivity index (χ2n) is 5.71. The summed E-state index contributed by atoms with van der Waals surface area (Å²) in [4.78, 5) is 11.6. The van der Waals surface area contributed by atoms with Crippen LogP contribution in [0.25, 0.3) is 6.08 Å². The SMILES string of the molecule is COc1cc(C=C(C#N)S(=O)(=O)c2ccccc2)ccc1OC(=O)c1ccco1. The van der Waals surface area contributed by atoms with Gasteiger partial charge in [0.15, 0.2) is 11.5 Å². The molecule has 29 heavy (non-hydrogen) atoms. The molecule has 0 aliphatic carbocycles. The second-order valence-corrected chi connectivity index (χ2v) is 7.63. The highest BCUT2D eigenvalue weighted by molar-refractivity contribution is 7.95. The first-order chi connectivity index (χ1) is 14.0. The van der Waals surface area contributed by atoms with Gasteiger partial charge in [-0.05, 0) is 48.0 Å². The number of carbonyl (C=O) groups excluding carboxylic acids is 1. The molecule has 1 aromatic heterocycles. The molecule has 2 aromatic carbocycles. The highest BCUT2D eigenvalue weighted by atomic mass is 32.2. The van der Waals surface area contributed by atoms with Crippen LogP contribution in [-0.2, 0) is 9.84 Å². The van der Waals surface area contributed by atoms with Crippen molar-refractivity contribution in [3.05, 3.63) is 83.2 Å². The zero-order valence-corrected chi connectivity index (χ0v) is 16.0. The standard InChI is InChI=1S/C21H15NO6S/c1-26-20-13-15(9-10-18(20)28-21(23)19-8-5-11-27-19)12-17(14-22)29(24,25)16-6-3-2-4-7-16/h2-13H,1H3. The molecule has 0 aliphatic heterocycles. The largest absolute Gasteiger partial charge is 0.493 e. The van der Waals surface area contributed by atoms with E-state index in [2.05, 4.69) is 0 Å². The lowest BCUT2D eigenvalue weighted by atomic mass is 10.2. The van der Waals surface area contributed by atoms with E-state index in [9.17, 15) is 18.5 Å². The fourth-order valence-corrected chi connectivity index (χ4v) is 3.63. The molecule has 0 bridgehead atoms. The number of esters is 1. The van der Waals surface area contributed by atoms with Crippen LogP contribution in [0.5, 0.6) is 11.5 Å². The maximum Gasteiger partial charge on any atom is 0.379 e. The Morgan fingerprint density at radius 3 is 2.45 bits per heavy atom. The number of carbonyl (C=O) groups is 1. The van der Waals surface area contributed by atoms with E-state index in [-0.39, 0.29) is 22.2 Å². The molecule has 0 radical (unpaired) electrons. The molecule has 0 saturated heterocycles. The minimum absolute atomic E-state index is 0.0174. The molecule has 0 amide bonds. The minimum Gasteiger partial charge on any atom is -0.493 e. The predicted octanol–water partition coefficient (Wildman–Crippen LogP) is 3.85. The van der Waals surface area contributed by atoms with E-state index in [4.69, 9.17) is 13.9 Å². The van der Waals surface area contributed by atoms with Gasteiger partial charge < -0.3 is 13.9 Å². The Morgan fingerprint density at radius 1 is 1.07 bits per heavy atom. The summed E-state index contributed by atoms with van der Waals surface area (Å²) in [6.45, 7) is 0. The van der Waals surface area contributed by atoms with Gasteiger partial charge >= 0.3 is 5.97 Å². The van der Waals surface area contributed by atoms with E-state index >= 15 is 0 Å². The fourth-order valence-electron chi connectivity index (χ4n) is 2.45. The Labute approximate surface area is 167 Å². The highest BCUT2D eigenvalue weighted by Gasteiger charge is 2.21. The van der Waals surface area contributed by atoms with Gasteiger partial charge in [-0.3, -0.25) is 0 Å². The van der Waals surface area contributed by atoms with Gasteiger partial charge in [-0.25, -0.2) is 13.2 Å². The topological polar surface area (TPSA) is 107 Å². The molecule has 1 heterocycles. The molecule has 3 rings (SSSR count). The summed E-state index contributed by atoms with van der Waals surface area (Å²) in [6.07, 6.45) is 2.57. The van der Waals surface area contributed by atoms with Crippen molar-refractivity contribution in [3.8, 4) is 17.6 Å². The number of nitrogens with zero attached hydrogens (tertiary/aromatic N) is 1. The maximum atomic E-state index is 12.7. The van der Waals surface area contributed by atoms with Crippen molar-refractivity contribution in [2.24, 2.45) is 0 Å². The third kappa shape index (κ3) is 4.36. The van der Waals surface area contributed by atoms with Crippen LogP contribution in [0.3, 0.4) is 0 Å². The number of hydrogen-bond donors (Lipinski definition) is 0. The first kappa shape index (κ1) is 19.9. The Hall–Kier alpha value is -3.83. The van der Waals surface area contributed by atoms with E-state index in [1.807, 2.05) is 0 Å². The van der Waals surface area contributed by atoms with Gasteiger partial charge in [0.25, 0.3) is 0 Å². The monoisotopic (exact) mass is 409 g/mol. The zero-order chi connectivity index (χ0) is 20.9. The maximum absolute atomic E-state index is 12.7. The van der Waals surface area contributed by atoms with Crippen LogP contribution in [-0.4, -0.2) is 21.5 Å². The molecule has 0 atom stereocenters. The van der Waals surface area contributed by atoms with Crippen molar-refractivity contribution in [1.29, 1.82) is 5.26 Å². The molecular formula is C21H15NO6S. The van der Waals surface area contributed by atoms with Crippen LogP contribution in [0.1, 0.15) is 16.1 Å². The molecular weight excluding hydrogens is 394 g/mol. The van der Waals surface area contributed by atoms with E-state index in [0.29, 0.717) is 5.56 Å². The van der Waals surface area contributed by atoms with E-state index in [0.717, 1.165) is 0 Å². The van der Waals surface area contributed by atoms with Gasteiger partial charge in [-0.2, -0.15) is 5.26 Å². The smallest absolute Gasteiger partial charge is 0.379 e. The van der Waals surface area contributed by atoms with Crippen LogP contribution >= 0.6 is 0 Å². The van der Waals surface area contributed by atoms with Gasteiger partial charge in [-0.1, -0.05) is 24.3 Å². The van der Waals surface area contributed by atoms with Gasteiger partial charge in [0.05, 0.1) is 18.3 Å². The van der Waals surface area contributed by atoms with Crippen molar-refractivity contribution in [3.63, 3.8) is 0 Å². The number of allylic oxidation sites excluding steroid dienone is 1. The number of furan rings is 1. The highest BCUT2D eigenvalue weighted by Crippen LogP contribution is 2.30. The lowest BCUT2D eigenvalue weighted by Gasteiger charge is -2.09. The Morgan fingerprint density at radius 2 is 1.83 bits per heavy atom. The number of methoxy groups -OCH3 is 1. The number of benzene rings is 2. The van der Waals surface area contributed by atoms with Crippen LogP contribution in [0.2, 0.25) is 0 Å². The second kappa shape index (κ2) is 8.46. The normalized spacial score (nSPS) is 11.5. The number of nitriles is 1. The molecule has 8 heteroatoms. The first-order valence-electron chi connectivity index (χ1n) is 8.31. The van der Waals surface area contributed by atoms with Crippen molar-refractivity contribution in [2.75, 3.05) is 7.11 Å². The van der Waals surface area contributed by atoms with E-state index in [1.54, 1.807) is 30.3 Å². The number of ether oxygens (including phenoxy) is 2. The van der Waals surface area contributed by atoms with E-state index in [1.165, 1.54) is 55.8 Å². The van der Waals surface area contributed by atoms with Crippen LogP contribution < -0.4 is 9.47 Å². The molecule has 0 N–H and O–H groups in total. The van der Waals surface area contributed by atoms with Crippen LogP contribution in [0, 0.1) is 11.3 Å². The third-order valence-electron chi connectivity index (χ3n) is 3.86. The summed E-state index contributed by atoms with van der Waals surface area (Å²) in [5.74, 6) is -0.374. The molecule has 0 unspecified atom stereocenters. The summed E-state index contributed by atoms with van der Waals surface area (Å²) in [7, 11) is -2.59. The average molecular weight is 409 g/mol. The summed E-state index contributed by atoms with van der Waals surface area (Å²) in [6, 6.07) is 16.8. The molecule has 0 saturated carbocycles. The lowest BCUT2D eigenvalue weighted by molar-refractivity contribution is 0.0696. The number of rotatable bonds is 6. The van der Waals surface area contributed by atoms with Crippen LogP contribution in [0.4, 0.5) is 0 Å². The molecule has 0 aliphatic rings. The number of hydrogen-bond acceptors (Lipinski definition) is 7. The molecule has 0 fully saturated rings. The zero-order valence-electron chi connectivity index (χ0n) is 15.2. The van der Waals surface area contributed by atoms with Crippen molar-refractivity contribution in [1.82, 2.24) is 0 Å². The molecule has 7 nitrogen and oxygen atoms in total. The van der Waals surface area contributed by atoms with E-state index < -0.39 is 20.7 Å². The molecule has 3 aromatic rings. The van der Waals surface area contributed by atoms with Gasteiger partial charge in [-0.15, -0.1) is 0 Å². The molecule has 146 valence electrons. The fraction of sp³-hybridized carbons (Fsp3) is 0.0476. The van der Waals surface area contributed by atoms with Crippen molar-refractivity contribution in [2.45, 2.75) is 4.90 Å². The van der Waals surface area contributed by atoms with Gasteiger partial charge in [0, 0.05) is 0 Å². The predicted molar refractivity (Wildman–Crippen MR) is 104 cm³/mol. The van der Waals surface area contributed by atoms with Crippen molar-refractivity contribution >= 4 is 21.9 Å². The summed E-state index contributed by atoms with van der Waals surface area (Å²) < 4.78 is 40.8. The quantitative estimate of drug-likeness (QED) is 0.346. The Kier molecular flexibility index (Phi) is 5.81. The average Bonchev–Trinajstić information content (AvgIpc) is 3.28. The first-order valence-corrected chi connectivity index (χ1v) is 9.79. The summed E-state index contributed by atoms with van der Waals surface area (Å²) in [5.41, 5.74) is 0.385. The summed E-state index contributed by atoms with van der Waals surface area (Å²) in [5, 5.41) is 9.38. The molecule has 0 spiro atoms. The lowest BCUT2D eigenvalue weighted by Crippen LogP contribution is -2.08. The Balaban J connectivity index is 1.93. The number of sulfone groups is 1. The third-order valence-corrected chi connectivity index (χ3v) is 5.54. The van der Waals surface area contributed by atoms with Gasteiger partial charge in [0.1, 0.15) is 11.0 Å². The van der Waals surface area contributed by atoms with Crippen LogP contribution in [0.15, 0.2) is 81.1 Å². The Bertz CT molecular complexity index is 1190.